The van der Waals surface area contributed by atoms with Crippen LogP contribution in [-0.4, -0.2) is 40.7 Å². The Kier molecular flexibility index (Phi) is 6.84. The van der Waals surface area contributed by atoms with Crippen molar-refractivity contribution in [2.45, 2.75) is 57.7 Å². The van der Waals surface area contributed by atoms with Crippen LogP contribution >= 0.6 is 0 Å². The molecule has 3 heterocycles. The van der Waals surface area contributed by atoms with Crippen molar-refractivity contribution < 1.29 is 19.4 Å². The minimum atomic E-state index is -1.24. The first-order valence-electron chi connectivity index (χ1n) is 10.2. The largest absolute Gasteiger partial charge is 0.618 e. The number of aliphatic hydroxyl groups is 1. The van der Waals surface area contributed by atoms with E-state index in [0.29, 0.717) is 33.7 Å². The average molecular weight is 415 g/mol. The van der Waals surface area contributed by atoms with Gasteiger partial charge in [-0.2, -0.15) is 4.73 Å². The molecule has 2 aromatic heterocycles. The van der Waals surface area contributed by atoms with Gasteiger partial charge in [-0.05, 0) is 32.8 Å². The van der Waals surface area contributed by atoms with Crippen LogP contribution in [-0.2, 0) is 15.1 Å². The van der Waals surface area contributed by atoms with Crippen LogP contribution in [0.5, 0.6) is 0 Å². The van der Waals surface area contributed by atoms with Gasteiger partial charge in [0.25, 0.3) is 0 Å². The second-order valence-electron chi connectivity index (χ2n) is 8.04. The van der Waals surface area contributed by atoms with Gasteiger partial charge in [0.15, 0.2) is 17.8 Å². The van der Waals surface area contributed by atoms with Gasteiger partial charge in [0.05, 0.1) is 30.1 Å². The maximum Gasteiger partial charge on any atom is 0.244 e. The number of methoxy groups -OCH3 is 1. The van der Waals surface area contributed by atoms with Crippen LogP contribution in [0.15, 0.2) is 24.5 Å². The highest BCUT2D eigenvalue weighted by Gasteiger charge is 2.26. The number of carbonyl (C=O) groups excluding carboxylic acids is 1. The van der Waals surface area contributed by atoms with Gasteiger partial charge >= 0.3 is 0 Å². The number of anilines is 2. The molecule has 0 unspecified atom stereocenters. The topological polar surface area (TPSA) is 123 Å². The summed E-state index contributed by atoms with van der Waals surface area (Å²) in [5.74, 6) is 0.624. The summed E-state index contributed by atoms with van der Waals surface area (Å²) >= 11 is 0. The lowest BCUT2D eigenvalue weighted by Crippen LogP contribution is -2.39. The third kappa shape index (κ3) is 5.43. The number of hydrogen-bond acceptors (Lipinski definition) is 7. The van der Waals surface area contributed by atoms with Gasteiger partial charge in [-0.1, -0.05) is 19.3 Å². The molecule has 9 nitrogen and oxygen atoms in total. The average Bonchev–Trinajstić information content (AvgIpc) is 2.73. The Balaban J connectivity index is 0.000000269. The molecule has 162 valence electrons. The molecular formula is C21H29N5O4. The number of nitrogens with one attached hydrogen (secondary N) is 2. The summed E-state index contributed by atoms with van der Waals surface area (Å²) in [4.78, 5) is 19.8. The van der Waals surface area contributed by atoms with E-state index < -0.39 is 5.60 Å². The zero-order valence-corrected chi connectivity index (χ0v) is 17.6. The molecule has 1 aliphatic carbocycles. The van der Waals surface area contributed by atoms with Crippen LogP contribution in [0.4, 0.5) is 11.6 Å². The van der Waals surface area contributed by atoms with E-state index in [2.05, 4.69) is 20.6 Å². The predicted octanol–water partition coefficient (Wildman–Crippen LogP) is 2.33. The Hall–Kier alpha value is -2.78. The number of amides is 1. The highest BCUT2D eigenvalue weighted by molar-refractivity contribution is 5.98. The molecule has 2 aromatic rings. The molecule has 1 fully saturated rings. The molecule has 1 amide bonds. The number of hydrogen-bond donors (Lipinski definition) is 3. The molecule has 0 spiro atoms. The third-order valence-corrected chi connectivity index (χ3v) is 5.17. The monoisotopic (exact) mass is 415 g/mol. The quantitative estimate of drug-likeness (QED) is 0.519. The molecule has 1 saturated carbocycles. The second-order valence-corrected chi connectivity index (χ2v) is 8.04. The third-order valence-electron chi connectivity index (χ3n) is 5.17. The summed E-state index contributed by atoms with van der Waals surface area (Å²) in [7, 11) is 1.82. The molecule has 0 aromatic carbocycles. The fourth-order valence-electron chi connectivity index (χ4n) is 3.49. The zero-order chi connectivity index (χ0) is 21.7. The van der Waals surface area contributed by atoms with Gasteiger partial charge in [-0.3, -0.25) is 4.79 Å². The van der Waals surface area contributed by atoms with E-state index in [1.54, 1.807) is 12.1 Å². The molecule has 0 radical (unpaired) electrons. The minimum Gasteiger partial charge on any atom is -0.618 e. The number of rotatable bonds is 3. The second kappa shape index (κ2) is 9.36. The first kappa shape index (κ1) is 21.9. The zero-order valence-electron chi connectivity index (χ0n) is 17.6. The number of ether oxygens (including phenoxy) is 1. The van der Waals surface area contributed by atoms with Crippen molar-refractivity contribution >= 4 is 17.5 Å². The summed E-state index contributed by atoms with van der Waals surface area (Å²) < 4.78 is 5.80. The highest BCUT2D eigenvalue weighted by atomic mass is 16.5. The van der Waals surface area contributed by atoms with Gasteiger partial charge in [0.2, 0.25) is 11.6 Å². The van der Waals surface area contributed by atoms with Crippen molar-refractivity contribution in [2.75, 3.05) is 24.3 Å². The number of fused-ring (bicyclic) bond motifs is 1. The molecule has 9 heteroatoms. The first-order valence-corrected chi connectivity index (χ1v) is 10.2. The van der Waals surface area contributed by atoms with E-state index in [1.165, 1.54) is 58.3 Å². The summed E-state index contributed by atoms with van der Waals surface area (Å²) in [5, 5.41) is 27.4. The smallest absolute Gasteiger partial charge is 0.244 e. The molecule has 2 aliphatic rings. The van der Waals surface area contributed by atoms with Crippen molar-refractivity contribution in [3.8, 4) is 11.3 Å². The van der Waals surface area contributed by atoms with Crippen molar-refractivity contribution in [2.24, 2.45) is 0 Å². The normalized spacial score (nSPS) is 16.6. The fraction of sp³-hybridized carbons (Fsp3) is 0.524. The molecule has 0 saturated heterocycles. The van der Waals surface area contributed by atoms with E-state index in [4.69, 9.17) is 4.74 Å². The summed E-state index contributed by atoms with van der Waals surface area (Å²) in [5.41, 5.74) is -0.00964. The maximum absolute atomic E-state index is 12.0. The Bertz CT molecular complexity index is 891. The van der Waals surface area contributed by atoms with Crippen LogP contribution in [0.1, 0.15) is 51.6 Å². The number of nitrogens with zero attached hydrogens (tertiary/aromatic N) is 3. The number of carbonyl (C=O) groups is 1. The lowest BCUT2D eigenvalue weighted by molar-refractivity contribution is -0.621. The van der Waals surface area contributed by atoms with Gasteiger partial charge in [-0.15, -0.1) is 0 Å². The number of pyridine rings is 1. The Labute approximate surface area is 176 Å². The predicted molar refractivity (Wildman–Crippen MR) is 113 cm³/mol. The standard InChI is InChI=1S/C14H15N5O3.C7H14O/c1-14(2,21)10-4-3-8(7-19(10)22)9-5-15-12-13(17-9)18-11(20)6-16-12;1-8-7-5-3-2-4-6-7/h3-5,7,21H,6H2,1-2H3,(H,15,16)(H,17,18,20);7H,2-6H2,1H3. The molecule has 30 heavy (non-hydrogen) atoms. The summed E-state index contributed by atoms with van der Waals surface area (Å²) in [6, 6.07) is 3.22. The minimum absolute atomic E-state index is 0.155. The summed E-state index contributed by atoms with van der Waals surface area (Å²) in [6.07, 6.45) is 10.2. The lowest BCUT2D eigenvalue weighted by Gasteiger charge is -2.19. The van der Waals surface area contributed by atoms with E-state index in [-0.39, 0.29) is 18.1 Å². The van der Waals surface area contributed by atoms with Crippen molar-refractivity contribution in [1.29, 1.82) is 0 Å². The molecule has 0 atom stereocenters. The molecular weight excluding hydrogens is 386 g/mol. The maximum atomic E-state index is 12.0. The lowest BCUT2D eigenvalue weighted by atomic mass is 9.98. The Morgan fingerprint density at radius 2 is 1.97 bits per heavy atom. The van der Waals surface area contributed by atoms with E-state index in [1.807, 2.05) is 7.11 Å². The van der Waals surface area contributed by atoms with Gasteiger partial charge < -0.3 is 25.7 Å². The van der Waals surface area contributed by atoms with Crippen LogP contribution in [0.3, 0.4) is 0 Å². The summed E-state index contributed by atoms with van der Waals surface area (Å²) in [6.45, 7) is 3.23. The van der Waals surface area contributed by atoms with Crippen molar-refractivity contribution in [3.05, 3.63) is 35.4 Å². The van der Waals surface area contributed by atoms with Crippen molar-refractivity contribution in [1.82, 2.24) is 9.97 Å². The molecule has 4 rings (SSSR count). The fourth-order valence-corrected chi connectivity index (χ4v) is 3.49. The molecule has 1 aliphatic heterocycles. The van der Waals surface area contributed by atoms with Crippen molar-refractivity contribution in [3.63, 3.8) is 0 Å². The van der Waals surface area contributed by atoms with E-state index in [9.17, 15) is 15.1 Å². The van der Waals surface area contributed by atoms with Gasteiger partial charge in [0.1, 0.15) is 5.60 Å². The van der Waals surface area contributed by atoms with E-state index >= 15 is 0 Å². The first-order chi connectivity index (χ1) is 14.3. The van der Waals surface area contributed by atoms with Crippen LogP contribution in [0.2, 0.25) is 0 Å². The van der Waals surface area contributed by atoms with Crippen LogP contribution in [0.25, 0.3) is 11.3 Å². The Morgan fingerprint density at radius 3 is 2.57 bits per heavy atom. The number of aromatic nitrogens is 3. The molecule has 3 N–H and O–H groups in total. The van der Waals surface area contributed by atoms with Crippen LogP contribution in [0, 0.1) is 5.21 Å². The molecule has 0 bridgehead atoms. The van der Waals surface area contributed by atoms with Gasteiger partial charge in [0, 0.05) is 13.2 Å². The van der Waals surface area contributed by atoms with Gasteiger partial charge in [-0.25, -0.2) is 9.97 Å². The Morgan fingerprint density at radius 1 is 1.23 bits per heavy atom. The SMILES string of the molecule is CC(C)(O)c1ccc(-c2cnc3c(n2)NC(=O)CN3)c[n+]1[O-].COC1CCCCC1. The van der Waals surface area contributed by atoms with Crippen LogP contribution < -0.4 is 15.4 Å². The highest BCUT2D eigenvalue weighted by Crippen LogP contribution is 2.25. The van der Waals surface area contributed by atoms with E-state index in [0.717, 1.165) is 0 Å².